The van der Waals surface area contributed by atoms with E-state index in [4.69, 9.17) is 4.74 Å². The van der Waals surface area contributed by atoms with E-state index in [2.05, 4.69) is 0 Å². The molecular weight excluding hydrogens is 194 g/mol. The number of aliphatic hydroxyl groups excluding tert-OH is 1. The molecule has 2 aliphatic heterocycles. The van der Waals surface area contributed by atoms with Crippen LogP contribution in [0.4, 0.5) is 4.79 Å². The lowest BCUT2D eigenvalue weighted by Crippen LogP contribution is -2.41. The first-order valence-electron chi connectivity index (χ1n) is 5.58. The quantitative estimate of drug-likeness (QED) is 0.663. The molecule has 3 atom stereocenters. The molecule has 2 fully saturated rings. The molecule has 4 heteroatoms. The first-order chi connectivity index (χ1) is 6.88. The molecule has 0 saturated carbocycles. The van der Waals surface area contributed by atoms with Crippen LogP contribution in [0, 0.1) is 0 Å². The van der Waals surface area contributed by atoms with Gasteiger partial charge in [0.15, 0.2) is 0 Å². The van der Waals surface area contributed by atoms with Crippen molar-refractivity contribution in [3.63, 3.8) is 0 Å². The van der Waals surface area contributed by atoms with Gasteiger partial charge in [-0.05, 0) is 40.0 Å². The second-order valence-corrected chi connectivity index (χ2v) is 5.49. The molecule has 15 heavy (non-hydrogen) atoms. The average Bonchev–Trinajstić information content (AvgIpc) is 2.55. The fraction of sp³-hybridized carbons (Fsp3) is 0.909. The first kappa shape index (κ1) is 10.7. The van der Waals surface area contributed by atoms with Crippen molar-refractivity contribution < 1.29 is 14.6 Å². The first-order valence-corrected chi connectivity index (χ1v) is 5.58. The Morgan fingerprint density at radius 1 is 1.40 bits per heavy atom. The lowest BCUT2D eigenvalue weighted by molar-refractivity contribution is 0.0170. The summed E-state index contributed by atoms with van der Waals surface area (Å²) in [6, 6.07) is 0.185. The molecule has 1 amide bonds. The molecule has 86 valence electrons. The minimum absolute atomic E-state index is 0.00940. The van der Waals surface area contributed by atoms with Crippen LogP contribution in [-0.4, -0.2) is 39.9 Å². The number of fused-ring (bicyclic) bond motifs is 2. The molecule has 0 aromatic carbocycles. The van der Waals surface area contributed by atoms with Gasteiger partial charge in [-0.1, -0.05) is 0 Å². The van der Waals surface area contributed by atoms with Crippen molar-refractivity contribution >= 4 is 6.09 Å². The number of carbonyl (C=O) groups is 1. The Balaban J connectivity index is 2.03. The van der Waals surface area contributed by atoms with Crippen molar-refractivity contribution in [1.82, 2.24) is 4.90 Å². The highest BCUT2D eigenvalue weighted by atomic mass is 16.6. The number of ether oxygens (including phenoxy) is 1. The summed E-state index contributed by atoms with van der Waals surface area (Å²) in [6.07, 6.45) is 2.00. The zero-order chi connectivity index (χ0) is 11.2. The van der Waals surface area contributed by atoms with E-state index in [1.165, 1.54) is 0 Å². The lowest BCUT2D eigenvalue weighted by atomic mass is 9.98. The highest BCUT2D eigenvalue weighted by Crippen LogP contribution is 2.38. The Morgan fingerprint density at radius 2 is 2.07 bits per heavy atom. The van der Waals surface area contributed by atoms with Crippen LogP contribution >= 0.6 is 0 Å². The van der Waals surface area contributed by atoms with Gasteiger partial charge in [0.05, 0.1) is 12.1 Å². The van der Waals surface area contributed by atoms with Crippen molar-refractivity contribution in [2.24, 2.45) is 0 Å². The monoisotopic (exact) mass is 213 g/mol. The third-order valence-electron chi connectivity index (χ3n) is 3.11. The summed E-state index contributed by atoms with van der Waals surface area (Å²) >= 11 is 0. The molecule has 2 saturated heterocycles. The molecule has 0 radical (unpaired) electrons. The summed E-state index contributed by atoms with van der Waals surface area (Å²) in [7, 11) is 0. The van der Waals surface area contributed by atoms with Gasteiger partial charge in [0.1, 0.15) is 5.60 Å². The minimum Gasteiger partial charge on any atom is -0.444 e. The molecule has 1 N–H and O–H groups in total. The van der Waals surface area contributed by atoms with E-state index in [-0.39, 0.29) is 24.3 Å². The largest absolute Gasteiger partial charge is 0.444 e. The van der Waals surface area contributed by atoms with Crippen LogP contribution in [0.15, 0.2) is 0 Å². The van der Waals surface area contributed by atoms with Crippen LogP contribution < -0.4 is 0 Å². The summed E-state index contributed by atoms with van der Waals surface area (Å²) in [5.41, 5.74) is -0.454. The number of hydrogen-bond acceptors (Lipinski definition) is 3. The maximum absolute atomic E-state index is 11.9. The molecule has 0 unspecified atom stereocenters. The number of carbonyl (C=O) groups excluding carboxylic acids is 1. The SMILES string of the molecule is CC(C)(C)OC(=O)N1[C@H]2CC[C@@H]1[C@@H](O)C2. The normalized spacial score (nSPS) is 34.7. The van der Waals surface area contributed by atoms with Crippen LogP contribution in [0.25, 0.3) is 0 Å². The van der Waals surface area contributed by atoms with E-state index >= 15 is 0 Å². The molecule has 0 aliphatic carbocycles. The number of hydrogen-bond donors (Lipinski definition) is 1. The standard InChI is InChI=1S/C11H19NO3/c1-11(2,3)15-10(14)12-7-4-5-8(12)9(13)6-7/h7-9,13H,4-6H2,1-3H3/t7-,8+,9-/m0/s1. The van der Waals surface area contributed by atoms with Gasteiger partial charge in [0.2, 0.25) is 0 Å². The molecule has 4 nitrogen and oxygen atoms in total. The Bertz CT molecular complexity index is 271. The summed E-state index contributed by atoms with van der Waals surface area (Å²) in [5, 5.41) is 9.69. The number of nitrogens with zero attached hydrogens (tertiary/aromatic N) is 1. The number of rotatable bonds is 0. The van der Waals surface area contributed by atoms with Crippen LogP contribution in [0.3, 0.4) is 0 Å². The topological polar surface area (TPSA) is 49.8 Å². The highest BCUT2D eigenvalue weighted by molar-refractivity contribution is 5.70. The molecule has 2 rings (SSSR count). The van der Waals surface area contributed by atoms with Crippen LogP contribution in [0.1, 0.15) is 40.0 Å². The van der Waals surface area contributed by atoms with E-state index < -0.39 is 5.60 Å². The van der Waals surface area contributed by atoms with E-state index in [0.29, 0.717) is 6.42 Å². The van der Waals surface area contributed by atoms with Gasteiger partial charge in [-0.25, -0.2) is 4.79 Å². The predicted molar refractivity (Wildman–Crippen MR) is 55.5 cm³/mol. The average molecular weight is 213 g/mol. The van der Waals surface area contributed by atoms with Crippen LogP contribution in [0.5, 0.6) is 0 Å². The van der Waals surface area contributed by atoms with Gasteiger partial charge in [0, 0.05) is 6.04 Å². The molecular formula is C11H19NO3. The Morgan fingerprint density at radius 3 is 2.47 bits per heavy atom. The number of amides is 1. The number of aliphatic hydroxyl groups is 1. The van der Waals surface area contributed by atoms with Gasteiger partial charge in [0.25, 0.3) is 0 Å². The van der Waals surface area contributed by atoms with Crippen molar-refractivity contribution in [2.45, 2.75) is 63.8 Å². The second-order valence-electron chi connectivity index (χ2n) is 5.49. The van der Waals surface area contributed by atoms with Crippen LogP contribution in [0.2, 0.25) is 0 Å². The summed E-state index contributed by atoms with van der Waals surface area (Å²) < 4.78 is 5.33. The maximum atomic E-state index is 11.9. The van der Waals surface area contributed by atoms with Gasteiger partial charge in [-0.15, -0.1) is 0 Å². The van der Waals surface area contributed by atoms with E-state index in [1.807, 2.05) is 20.8 Å². The third kappa shape index (κ3) is 1.95. The summed E-state index contributed by atoms with van der Waals surface area (Å²) in [4.78, 5) is 13.6. The summed E-state index contributed by atoms with van der Waals surface area (Å²) in [5.74, 6) is 0. The Kier molecular flexibility index (Phi) is 2.41. The van der Waals surface area contributed by atoms with E-state index in [0.717, 1.165) is 12.8 Å². The van der Waals surface area contributed by atoms with Crippen molar-refractivity contribution in [2.75, 3.05) is 0 Å². The van der Waals surface area contributed by atoms with E-state index in [1.54, 1.807) is 4.90 Å². The maximum Gasteiger partial charge on any atom is 0.410 e. The Hall–Kier alpha value is -0.770. The minimum atomic E-state index is -0.454. The molecule has 2 aliphatic rings. The lowest BCUT2D eigenvalue weighted by Gasteiger charge is -2.27. The van der Waals surface area contributed by atoms with Gasteiger partial charge >= 0.3 is 6.09 Å². The Labute approximate surface area is 90.2 Å². The van der Waals surface area contributed by atoms with E-state index in [9.17, 15) is 9.90 Å². The second kappa shape index (κ2) is 3.37. The molecule has 2 bridgehead atoms. The van der Waals surface area contributed by atoms with Crippen molar-refractivity contribution in [3.05, 3.63) is 0 Å². The van der Waals surface area contributed by atoms with Crippen molar-refractivity contribution in [1.29, 1.82) is 0 Å². The fourth-order valence-electron chi connectivity index (χ4n) is 2.56. The fourth-order valence-corrected chi connectivity index (χ4v) is 2.56. The molecule has 2 heterocycles. The van der Waals surface area contributed by atoms with Gasteiger partial charge in [-0.2, -0.15) is 0 Å². The van der Waals surface area contributed by atoms with Crippen molar-refractivity contribution in [3.8, 4) is 0 Å². The molecule has 0 aromatic heterocycles. The zero-order valence-electron chi connectivity index (χ0n) is 9.56. The predicted octanol–water partition coefficient (Wildman–Crippen LogP) is 1.52. The smallest absolute Gasteiger partial charge is 0.410 e. The third-order valence-corrected chi connectivity index (χ3v) is 3.11. The molecule has 0 spiro atoms. The van der Waals surface area contributed by atoms with Crippen LogP contribution in [-0.2, 0) is 4.74 Å². The zero-order valence-corrected chi connectivity index (χ0v) is 9.56. The van der Waals surface area contributed by atoms with Gasteiger partial charge in [-0.3, -0.25) is 4.90 Å². The van der Waals surface area contributed by atoms with Gasteiger partial charge < -0.3 is 9.84 Å². The summed E-state index contributed by atoms with van der Waals surface area (Å²) in [6.45, 7) is 5.58. The molecule has 0 aromatic rings. The highest BCUT2D eigenvalue weighted by Gasteiger charge is 2.49.